The molecule has 0 saturated heterocycles. The molecule has 1 aromatic carbocycles. The van der Waals surface area contributed by atoms with Crippen LogP contribution in [-0.4, -0.2) is 24.0 Å². The maximum absolute atomic E-state index is 8.44. The second-order valence-corrected chi connectivity index (χ2v) is 6.87. The minimum atomic E-state index is 0.0268. The lowest BCUT2D eigenvalue weighted by Crippen LogP contribution is -2.38. The topological polar surface area (TPSA) is 84.5 Å². The number of hydrazine groups is 1. The molecule has 1 saturated carbocycles. The lowest BCUT2D eigenvalue weighted by Gasteiger charge is -2.23. The maximum Gasteiger partial charge on any atom is 0.162 e. The molecule has 6 nitrogen and oxygen atoms in total. The third-order valence-corrected chi connectivity index (χ3v) is 4.90. The fourth-order valence-corrected chi connectivity index (χ4v) is 3.53. The molecule has 0 radical (unpaired) electrons. The predicted molar refractivity (Wildman–Crippen MR) is 104 cm³/mol. The number of pyridine rings is 1. The fourth-order valence-electron chi connectivity index (χ4n) is 2.99. The van der Waals surface area contributed by atoms with Crippen molar-refractivity contribution in [3.63, 3.8) is 0 Å². The molecule has 0 aliphatic heterocycles. The first-order valence-electron chi connectivity index (χ1n) is 8.28. The number of aromatic nitrogens is 1. The Labute approximate surface area is 162 Å². The van der Waals surface area contributed by atoms with E-state index in [4.69, 9.17) is 43.9 Å². The van der Waals surface area contributed by atoms with Crippen LogP contribution in [0.3, 0.4) is 0 Å². The molecule has 0 unspecified atom stereocenters. The SMILES string of the molecule is COc1ccc(C(=N)N(N)c2c(Cl)cncc2Cl)cc1OC1CCCC1. The first-order valence-corrected chi connectivity index (χ1v) is 9.04. The normalized spacial score (nSPS) is 14.3. The van der Waals surface area contributed by atoms with Gasteiger partial charge in [0.2, 0.25) is 0 Å². The summed E-state index contributed by atoms with van der Waals surface area (Å²) >= 11 is 12.3. The molecule has 0 atom stereocenters. The fraction of sp³-hybridized carbons (Fsp3) is 0.333. The zero-order chi connectivity index (χ0) is 18.7. The molecule has 1 aliphatic carbocycles. The largest absolute Gasteiger partial charge is 0.493 e. The highest BCUT2D eigenvalue weighted by Gasteiger charge is 2.21. The Morgan fingerprint density at radius 1 is 1.19 bits per heavy atom. The van der Waals surface area contributed by atoms with Gasteiger partial charge in [-0.3, -0.25) is 15.4 Å². The monoisotopic (exact) mass is 394 g/mol. The van der Waals surface area contributed by atoms with E-state index < -0.39 is 0 Å². The van der Waals surface area contributed by atoms with Crippen LogP contribution >= 0.6 is 23.2 Å². The second kappa shape index (κ2) is 8.12. The number of ether oxygens (including phenoxy) is 2. The van der Waals surface area contributed by atoms with E-state index in [1.54, 1.807) is 25.3 Å². The molecule has 0 bridgehead atoms. The van der Waals surface area contributed by atoms with Gasteiger partial charge in [-0.2, -0.15) is 0 Å². The van der Waals surface area contributed by atoms with Crippen LogP contribution in [0.5, 0.6) is 11.5 Å². The summed E-state index contributed by atoms with van der Waals surface area (Å²) in [6.45, 7) is 0. The highest BCUT2D eigenvalue weighted by Crippen LogP contribution is 2.35. The van der Waals surface area contributed by atoms with Gasteiger partial charge in [-0.1, -0.05) is 23.2 Å². The molecular formula is C18H20Cl2N4O2. The van der Waals surface area contributed by atoms with Crippen LogP contribution in [0.1, 0.15) is 31.2 Å². The van der Waals surface area contributed by atoms with E-state index >= 15 is 0 Å². The van der Waals surface area contributed by atoms with Crippen molar-refractivity contribution in [1.29, 1.82) is 5.41 Å². The summed E-state index contributed by atoms with van der Waals surface area (Å²) in [6.07, 6.45) is 7.41. The van der Waals surface area contributed by atoms with Gasteiger partial charge in [0.05, 0.1) is 28.9 Å². The molecule has 3 rings (SSSR count). The van der Waals surface area contributed by atoms with Crippen molar-refractivity contribution in [3.05, 3.63) is 46.2 Å². The smallest absolute Gasteiger partial charge is 0.162 e. The lowest BCUT2D eigenvalue weighted by atomic mass is 10.1. The first-order chi connectivity index (χ1) is 12.5. The minimum absolute atomic E-state index is 0.0268. The van der Waals surface area contributed by atoms with Crippen molar-refractivity contribution in [3.8, 4) is 11.5 Å². The van der Waals surface area contributed by atoms with Gasteiger partial charge in [0.15, 0.2) is 11.5 Å². The van der Waals surface area contributed by atoms with Crippen molar-refractivity contribution >= 4 is 34.7 Å². The summed E-state index contributed by atoms with van der Waals surface area (Å²) in [5, 5.41) is 10.1. The van der Waals surface area contributed by atoms with Crippen molar-refractivity contribution in [1.82, 2.24) is 4.98 Å². The number of benzene rings is 1. The summed E-state index contributed by atoms with van der Waals surface area (Å²) in [5.41, 5.74) is 0.882. The predicted octanol–water partition coefficient (Wildman–Crippen LogP) is 4.42. The second-order valence-electron chi connectivity index (χ2n) is 6.06. The molecular weight excluding hydrogens is 375 g/mol. The molecule has 1 aliphatic rings. The van der Waals surface area contributed by atoms with E-state index in [0.29, 0.717) is 22.7 Å². The lowest BCUT2D eigenvalue weighted by molar-refractivity contribution is 0.201. The molecule has 1 heterocycles. The Balaban J connectivity index is 1.89. The van der Waals surface area contributed by atoms with E-state index in [1.165, 1.54) is 12.4 Å². The molecule has 1 aromatic heterocycles. The van der Waals surface area contributed by atoms with E-state index in [1.807, 2.05) is 0 Å². The molecule has 0 amide bonds. The van der Waals surface area contributed by atoms with Gasteiger partial charge >= 0.3 is 0 Å². The molecule has 0 spiro atoms. The van der Waals surface area contributed by atoms with Crippen LogP contribution in [0.4, 0.5) is 5.69 Å². The number of methoxy groups -OCH3 is 1. The summed E-state index contributed by atoms with van der Waals surface area (Å²) < 4.78 is 11.5. The Bertz CT molecular complexity index is 790. The summed E-state index contributed by atoms with van der Waals surface area (Å²) in [4.78, 5) is 3.90. The highest BCUT2D eigenvalue weighted by molar-refractivity contribution is 6.39. The van der Waals surface area contributed by atoms with Crippen LogP contribution in [0, 0.1) is 5.41 Å². The quantitative estimate of drug-likeness (QED) is 0.339. The number of hydrogen-bond donors (Lipinski definition) is 2. The van der Waals surface area contributed by atoms with Crippen molar-refractivity contribution in [2.24, 2.45) is 5.84 Å². The molecule has 26 heavy (non-hydrogen) atoms. The number of rotatable bonds is 5. The van der Waals surface area contributed by atoms with Crippen molar-refractivity contribution in [2.45, 2.75) is 31.8 Å². The molecule has 2 aromatic rings. The van der Waals surface area contributed by atoms with Crippen molar-refractivity contribution in [2.75, 3.05) is 12.1 Å². The number of halogens is 2. The van der Waals surface area contributed by atoms with Crippen LogP contribution in [-0.2, 0) is 0 Å². The summed E-state index contributed by atoms with van der Waals surface area (Å²) in [6, 6.07) is 5.26. The van der Waals surface area contributed by atoms with E-state index in [2.05, 4.69) is 4.98 Å². The van der Waals surface area contributed by atoms with Gasteiger partial charge in [0.25, 0.3) is 0 Å². The Hall–Kier alpha value is -2.02. The minimum Gasteiger partial charge on any atom is -0.493 e. The number of nitrogens with one attached hydrogen (secondary N) is 1. The number of anilines is 1. The third-order valence-electron chi connectivity index (χ3n) is 4.34. The van der Waals surface area contributed by atoms with E-state index in [-0.39, 0.29) is 22.0 Å². The molecule has 3 N–H and O–H groups in total. The zero-order valence-corrected chi connectivity index (χ0v) is 15.8. The number of nitrogens with two attached hydrogens (primary N) is 1. The van der Waals surface area contributed by atoms with Crippen LogP contribution in [0.25, 0.3) is 0 Å². The van der Waals surface area contributed by atoms with Crippen molar-refractivity contribution < 1.29 is 9.47 Å². The van der Waals surface area contributed by atoms with Crippen LogP contribution in [0.2, 0.25) is 10.0 Å². The average molecular weight is 395 g/mol. The summed E-state index contributed by atoms with van der Waals surface area (Å²) in [7, 11) is 1.59. The Kier molecular flexibility index (Phi) is 5.86. The molecule has 138 valence electrons. The van der Waals surface area contributed by atoms with Gasteiger partial charge in [0, 0.05) is 18.0 Å². The zero-order valence-electron chi connectivity index (χ0n) is 14.3. The van der Waals surface area contributed by atoms with Gasteiger partial charge in [-0.25, -0.2) is 5.84 Å². The van der Waals surface area contributed by atoms with Crippen LogP contribution < -0.4 is 20.3 Å². The Morgan fingerprint density at radius 2 is 1.85 bits per heavy atom. The maximum atomic E-state index is 8.44. The molecule has 8 heteroatoms. The van der Waals surface area contributed by atoms with Gasteiger partial charge in [-0.15, -0.1) is 0 Å². The van der Waals surface area contributed by atoms with E-state index in [9.17, 15) is 0 Å². The number of amidine groups is 1. The molecule has 1 fully saturated rings. The van der Waals surface area contributed by atoms with E-state index in [0.717, 1.165) is 30.7 Å². The number of nitrogens with zero attached hydrogens (tertiary/aromatic N) is 2. The number of hydrogen-bond acceptors (Lipinski definition) is 5. The highest BCUT2D eigenvalue weighted by atomic mass is 35.5. The first kappa shape index (κ1) is 18.8. The standard InChI is InChI=1S/C18H20Cl2N4O2/c1-25-15-7-6-11(8-16(15)26-12-4-2-3-5-12)18(21)24(22)17-13(19)9-23-10-14(17)20/h6-10,12,21H,2-5,22H2,1H3. The Morgan fingerprint density at radius 3 is 2.46 bits per heavy atom. The summed E-state index contributed by atoms with van der Waals surface area (Å²) in [5.74, 6) is 7.34. The van der Waals surface area contributed by atoms with Gasteiger partial charge < -0.3 is 9.47 Å². The van der Waals surface area contributed by atoms with Crippen LogP contribution in [0.15, 0.2) is 30.6 Å². The van der Waals surface area contributed by atoms with Gasteiger partial charge in [-0.05, 0) is 43.9 Å². The van der Waals surface area contributed by atoms with Gasteiger partial charge in [0.1, 0.15) is 5.84 Å². The average Bonchev–Trinajstić information content (AvgIpc) is 3.14. The third kappa shape index (κ3) is 3.87.